The van der Waals surface area contributed by atoms with Crippen molar-refractivity contribution in [2.45, 2.75) is 19.1 Å². The van der Waals surface area contributed by atoms with Crippen molar-refractivity contribution in [2.24, 2.45) is 0 Å². The van der Waals surface area contributed by atoms with Crippen LogP contribution in [0.2, 0.25) is 5.02 Å². The zero-order chi connectivity index (χ0) is 18.7. The second kappa shape index (κ2) is 7.93. The number of amides is 1. The van der Waals surface area contributed by atoms with Crippen molar-refractivity contribution in [1.29, 1.82) is 0 Å². The van der Waals surface area contributed by atoms with Crippen molar-refractivity contribution in [1.82, 2.24) is 9.97 Å². The van der Waals surface area contributed by atoms with Crippen LogP contribution in [-0.4, -0.2) is 21.6 Å². The smallest absolute Gasteiger partial charge is 0.258 e. The lowest BCUT2D eigenvalue weighted by Crippen LogP contribution is -2.17. The fourth-order valence-electron chi connectivity index (χ4n) is 2.53. The molecular formula is C19H18ClN3O2S. The Labute approximate surface area is 160 Å². The van der Waals surface area contributed by atoms with E-state index in [0.717, 1.165) is 11.3 Å². The molecule has 5 nitrogen and oxygen atoms in total. The van der Waals surface area contributed by atoms with Crippen molar-refractivity contribution in [3.05, 3.63) is 69.2 Å². The number of nitrogens with zero attached hydrogens (tertiary/aromatic N) is 1. The maximum Gasteiger partial charge on any atom is 0.258 e. The highest BCUT2D eigenvalue weighted by molar-refractivity contribution is 8.00. The summed E-state index contributed by atoms with van der Waals surface area (Å²) in [6.45, 7) is 3.81. The number of hydrogen-bond acceptors (Lipinski definition) is 4. The van der Waals surface area contributed by atoms with Gasteiger partial charge in [-0.05, 0) is 49.7 Å². The van der Waals surface area contributed by atoms with Gasteiger partial charge in [0.15, 0.2) is 0 Å². The van der Waals surface area contributed by atoms with E-state index >= 15 is 0 Å². The monoisotopic (exact) mass is 387 g/mol. The van der Waals surface area contributed by atoms with Crippen molar-refractivity contribution in [3.8, 4) is 0 Å². The van der Waals surface area contributed by atoms with E-state index in [-0.39, 0.29) is 22.5 Å². The minimum atomic E-state index is -0.167. The van der Waals surface area contributed by atoms with E-state index in [2.05, 4.69) is 15.3 Å². The number of rotatable bonds is 5. The van der Waals surface area contributed by atoms with Gasteiger partial charge in [0.1, 0.15) is 5.82 Å². The Morgan fingerprint density at radius 1 is 1.31 bits per heavy atom. The van der Waals surface area contributed by atoms with E-state index in [9.17, 15) is 9.59 Å². The Bertz CT molecular complexity index is 1020. The summed E-state index contributed by atoms with van der Waals surface area (Å²) in [4.78, 5) is 31.7. The van der Waals surface area contributed by atoms with Crippen LogP contribution in [0.25, 0.3) is 10.9 Å². The van der Waals surface area contributed by atoms with Gasteiger partial charge < -0.3 is 10.3 Å². The molecule has 3 rings (SSSR count). The van der Waals surface area contributed by atoms with Crippen molar-refractivity contribution in [3.63, 3.8) is 0 Å². The third-order valence-electron chi connectivity index (χ3n) is 3.94. The third kappa shape index (κ3) is 4.26. The van der Waals surface area contributed by atoms with Crippen LogP contribution in [-0.2, 0) is 4.79 Å². The van der Waals surface area contributed by atoms with Gasteiger partial charge in [0, 0.05) is 10.7 Å². The number of aryl methyl sites for hydroxylation is 1. The summed E-state index contributed by atoms with van der Waals surface area (Å²) in [5, 5.41) is 3.95. The maximum atomic E-state index is 12.2. The van der Waals surface area contributed by atoms with Gasteiger partial charge >= 0.3 is 0 Å². The van der Waals surface area contributed by atoms with Crippen molar-refractivity contribution >= 4 is 45.9 Å². The maximum absolute atomic E-state index is 12.2. The number of benzene rings is 2. The van der Waals surface area contributed by atoms with Gasteiger partial charge in [-0.3, -0.25) is 9.59 Å². The molecule has 0 aliphatic rings. The van der Waals surface area contributed by atoms with Crippen LogP contribution in [0.3, 0.4) is 0 Å². The quantitative estimate of drug-likeness (QED) is 0.683. The van der Waals surface area contributed by atoms with E-state index < -0.39 is 0 Å². The number of halogens is 1. The fourth-order valence-corrected chi connectivity index (χ4v) is 3.50. The first-order valence-corrected chi connectivity index (χ1v) is 9.53. The van der Waals surface area contributed by atoms with Crippen LogP contribution in [0.1, 0.15) is 23.6 Å². The lowest BCUT2D eigenvalue weighted by molar-refractivity contribution is -0.113. The zero-order valence-electron chi connectivity index (χ0n) is 14.4. The molecule has 0 saturated heterocycles. The fraction of sp³-hybridized carbons (Fsp3) is 0.211. The Kier molecular flexibility index (Phi) is 5.64. The van der Waals surface area contributed by atoms with Gasteiger partial charge in [0.05, 0.1) is 21.9 Å². The number of carbonyl (C=O) groups excluding carboxylic acids is 1. The number of carbonyl (C=O) groups is 1. The Hall–Kier alpha value is -2.31. The Morgan fingerprint density at radius 2 is 2.08 bits per heavy atom. The number of H-pyrrole nitrogens is 1. The molecule has 1 aromatic heterocycles. The molecule has 26 heavy (non-hydrogen) atoms. The molecule has 1 atom stereocenters. The first kappa shape index (κ1) is 18.5. The van der Waals surface area contributed by atoms with E-state index in [1.54, 1.807) is 30.3 Å². The molecule has 0 fully saturated rings. The number of aromatic nitrogens is 2. The number of thioether (sulfide) groups is 1. The second-order valence-electron chi connectivity index (χ2n) is 5.93. The summed E-state index contributed by atoms with van der Waals surface area (Å²) in [5.41, 5.74) is 2.13. The SMILES string of the molecule is Cc1cc(Cl)ccc1NC(=O)CSC(C)c1nc2ccccc2c(=O)[nH]1. The summed E-state index contributed by atoms with van der Waals surface area (Å²) in [6, 6.07) is 12.5. The molecule has 0 spiro atoms. The Morgan fingerprint density at radius 3 is 2.85 bits per heavy atom. The number of aromatic amines is 1. The molecule has 3 aromatic rings. The van der Waals surface area contributed by atoms with Crippen LogP contribution in [0.4, 0.5) is 5.69 Å². The highest BCUT2D eigenvalue weighted by Gasteiger charge is 2.14. The number of nitrogens with one attached hydrogen (secondary N) is 2. The first-order chi connectivity index (χ1) is 12.4. The van der Waals surface area contributed by atoms with Gasteiger partial charge in [-0.1, -0.05) is 23.7 Å². The minimum Gasteiger partial charge on any atom is -0.325 e. The van der Waals surface area contributed by atoms with Gasteiger partial charge in [-0.15, -0.1) is 11.8 Å². The molecular weight excluding hydrogens is 370 g/mol. The third-order valence-corrected chi connectivity index (χ3v) is 5.33. The van der Waals surface area contributed by atoms with Gasteiger partial charge in [0.25, 0.3) is 5.56 Å². The normalized spacial score (nSPS) is 12.1. The summed E-state index contributed by atoms with van der Waals surface area (Å²) < 4.78 is 0. The lowest BCUT2D eigenvalue weighted by atomic mass is 10.2. The molecule has 7 heteroatoms. The standard InChI is InChI=1S/C19H18ClN3O2S/c1-11-9-13(20)7-8-15(11)21-17(24)10-26-12(2)18-22-16-6-4-3-5-14(16)19(25)23-18/h3-9,12H,10H2,1-2H3,(H,21,24)(H,22,23,25). The molecule has 1 heterocycles. The summed E-state index contributed by atoms with van der Waals surface area (Å²) >= 11 is 7.34. The van der Waals surface area contributed by atoms with Gasteiger partial charge in [0.2, 0.25) is 5.91 Å². The predicted molar refractivity (Wildman–Crippen MR) is 108 cm³/mol. The average Bonchev–Trinajstić information content (AvgIpc) is 2.62. The van der Waals surface area contributed by atoms with E-state index in [0.29, 0.717) is 21.7 Å². The number of para-hydroxylation sites is 1. The second-order valence-corrected chi connectivity index (χ2v) is 7.69. The first-order valence-electron chi connectivity index (χ1n) is 8.10. The number of fused-ring (bicyclic) bond motifs is 1. The molecule has 0 saturated carbocycles. The molecule has 0 aliphatic carbocycles. The van der Waals surface area contributed by atoms with Crippen LogP contribution in [0, 0.1) is 6.92 Å². The molecule has 1 amide bonds. The Balaban J connectivity index is 1.66. The molecule has 1 unspecified atom stereocenters. The molecule has 0 bridgehead atoms. The van der Waals surface area contributed by atoms with Crippen LogP contribution < -0.4 is 10.9 Å². The van der Waals surface area contributed by atoms with Crippen molar-refractivity contribution in [2.75, 3.05) is 11.1 Å². The average molecular weight is 388 g/mol. The molecule has 0 radical (unpaired) electrons. The largest absolute Gasteiger partial charge is 0.325 e. The highest BCUT2D eigenvalue weighted by atomic mass is 35.5. The van der Waals surface area contributed by atoms with E-state index in [1.165, 1.54) is 11.8 Å². The lowest BCUT2D eigenvalue weighted by Gasteiger charge is -2.12. The summed E-state index contributed by atoms with van der Waals surface area (Å²) in [6.07, 6.45) is 0. The molecule has 2 aromatic carbocycles. The van der Waals surface area contributed by atoms with Crippen LogP contribution in [0.15, 0.2) is 47.3 Å². The van der Waals surface area contributed by atoms with E-state index in [1.807, 2.05) is 26.0 Å². The predicted octanol–water partition coefficient (Wildman–Crippen LogP) is 4.32. The number of anilines is 1. The minimum absolute atomic E-state index is 0.115. The topological polar surface area (TPSA) is 74.8 Å². The molecule has 134 valence electrons. The van der Waals surface area contributed by atoms with Crippen molar-refractivity contribution < 1.29 is 4.79 Å². The number of hydrogen-bond donors (Lipinski definition) is 2. The summed E-state index contributed by atoms with van der Waals surface area (Å²) in [5.74, 6) is 0.698. The van der Waals surface area contributed by atoms with E-state index in [4.69, 9.17) is 11.6 Å². The van der Waals surface area contributed by atoms with Crippen LogP contribution in [0.5, 0.6) is 0 Å². The molecule has 0 aliphatic heterocycles. The van der Waals surface area contributed by atoms with Crippen LogP contribution >= 0.6 is 23.4 Å². The summed E-state index contributed by atoms with van der Waals surface area (Å²) in [7, 11) is 0. The van der Waals surface area contributed by atoms with Gasteiger partial charge in [-0.25, -0.2) is 4.98 Å². The van der Waals surface area contributed by atoms with Gasteiger partial charge in [-0.2, -0.15) is 0 Å². The zero-order valence-corrected chi connectivity index (χ0v) is 15.9. The highest BCUT2D eigenvalue weighted by Crippen LogP contribution is 2.26. The molecule has 2 N–H and O–H groups in total.